The monoisotopic (exact) mass is 472 g/mol. The first kappa shape index (κ1) is 23.6. The molecule has 3 aromatic rings. The zero-order chi connectivity index (χ0) is 22.9. The number of halogens is 1. The van der Waals surface area contributed by atoms with Crippen molar-refractivity contribution in [3.63, 3.8) is 0 Å². The van der Waals surface area contributed by atoms with Crippen LogP contribution in [0.5, 0.6) is 0 Å². The highest BCUT2D eigenvalue weighted by Gasteiger charge is 2.09. The molecule has 0 aliphatic carbocycles. The number of urea groups is 1. The molecule has 4 N–H and O–H groups in total. The summed E-state index contributed by atoms with van der Waals surface area (Å²) in [6, 6.07) is 8.26. The summed E-state index contributed by atoms with van der Waals surface area (Å²) in [5.74, 6) is 2.18. The number of anilines is 2. The van der Waals surface area contributed by atoms with Crippen LogP contribution in [0.25, 0.3) is 0 Å². The molecule has 0 bridgehead atoms. The summed E-state index contributed by atoms with van der Waals surface area (Å²) in [5, 5.41) is 9.08. The molecule has 0 atom stereocenters. The average molecular weight is 473 g/mol. The molecule has 3 rings (SSSR count). The van der Waals surface area contributed by atoms with Crippen molar-refractivity contribution in [3.05, 3.63) is 64.5 Å². The lowest BCUT2D eigenvalue weighted by atomic mass is 10.3. The molecule has 0 unspecified atom stereocenters. The number of nitrogens with one attached hydrogen (secondary N) is 4. The van der Waals surface area contributed by atoms with E-state index in [1.165, 1.54) is 0 Å². The van der Waals surface area contributed by atoms with Gasteiger partial charge in [0.05, 0.1) is 18.6 Å². The van der Waals surface area contributed by atoms with E-state index in [-0.39, 0.29) is 5.96 Å². The Hall–Kier alpha value is -3.11. The van der Waals surface area contributed by atoms with E-state index in [4.69, 9.17) is 11.6 Å². The van der Waals surface area contributed by atoms with E-state index in [9.17, 15) is 4.79 Å². The Balaban J connectivity index is 1.62. The number of H-pyrrole nitrogens is 1. The molecular weight excluding hydrogens is 448 g/mol. The number of hydrogen-bond acceptors (Lipinski definition) is 6. The van der Waals surface area contributed by atoms with Crippen LogP contribution in [-0.2, 0) is 5.75 Å². The van der Waals surface area contributed by atoms with Crippen LogP contribution in [0.1, 0.15) is 22.8 Å². The number of imidazole rings is 1. The molecule has 0 aliphatic heterocycles. The normalized spacial score (nSPS) is 11.3. The second kappa shape index (κ2) is 11.5. The first-order chi connectivity index (χ1) is 15.4. The van der Waals surface area contributed by atoms with Crippen LogP contribution in [0, 0.1) is 20.8 Å². The number of carbonyl (C=O) groups excluding carboxylic acids is 1. The van der Waals surface area contributed by atoms with Gasteiger partial charge in [-0.05, 0) is 51.1 Å². The topological polar surface area (TPSA) is 120 Å². The van der Waals surface area contributed by atoms with Gasteiger partial charge in [-0.1, -0.05) is 11.6 Å². The molecule has 0 fully saturated rings. The molecule has 11 heteroatoms. The SMILES string of the molecule is Cc1cc(C)nc(NC(=NCCSCc2nc[nH]c2C)NC(=O)Nc2ccc(Cl)cc2)n1. The number of thioether (sulfide) groups is 1. The summed E-state index contributed by atoms with van der Waals surface area (Å²) in [5.41, 5.74) is 4.33. The molecule has 0 aliphatic rings. The number of benzene rings is 1. The van der Waals surface area contributed by atoms with Gasteiger partial charge in [0.25, 0.3) is 0 Å². The number of aliphatic imine (C=N–C) groups is 1. The second-order valence-corrected chi connectivity index (χ2v) is 8.48. The number of rotatable bonds is 7. The van der Waals surface area contributed by atoms with E-state index < -0.39 is 6.03 Å². The van der Waals surface area contributed by atoms with Crippen molar-refractivity contribution in [2.75, 3.05) is 22.9 Å². The van der Waals surface area contributed by atoms with E-state index >= 15 is 0 Å². The number of hydrogen-bond donors (Lipinski definition) is 4. The number of aryl methyl sites for hydroxylation is 3. The molecule has 0 saturated heterocycles. The molecule has 168 valence electrons. The van der Waals surface area contributed by atoms with Crippen LogP contribution in [0.15, 0.2) is 41.7 Å². The Labute approximate surface area is 195 Å². The van der Waals surface area contributed by atoms with E-state index in [2.05, 4.69) is 40.9 Å². The predicted molar refractivity (Wildman–Crippen MR) is 131 cm³/mol. The van der Waals surface area contributed by atoms with Crippen LogP contribution in [0.3, 0.4) is 0 Å². The number of aromatic nitrogens is 4. The van der Waals surface area contributed by atoms with Gasteiger partial charge in [-0.3, -0.25) is 15.6 Å². The highest BCUT2D eigenvalue weighted by atomic mass is 35.5. The molecule has 2 heterocycles. The van der Waals surface area contributed by atoms with Crippen LogP contribution in [0.4, 0.5) is 16.4 Å². The van der Waals surface area contributed by atoms with Crippen molar-refractivity contribution in [2.45, 2.75) is 26.5 Å². The Kier molecular flexibility index (Phi) is 8.46. The average Bonchev–Trinajstić information content (AvgIpc) is 3.13. The molecule has 32 heavy (non-hydrogen) atoms. The molecule has 9 nitrogen and oxygen atoms in total. The van der Waals surface area contributed by atoms with Crippen molar-refractivity contribution >= 4 is 47.0 Å². The van der Waals surface area contributed by atoms with Crippen molar-refractivity contribution in [1.82, 2.24) is 25.3 Å². The third kappa shape index (κ3) is 7.54. The van der Waals surface area contributed by atoms with Crippen LogP contribution in [0.2, 0.25) is 5.02 Å². The van der Waals surface area contributed by atoms with Gasteiger partial charge in [0.15, 0.2) is 0 Å². The highest BCUT2D eigenvalue weighted by Crippen LogP contribution is 2.14. The number of amides is 2. The zero-order valence-corrected chi connectivity index (χ0v) is 19.6. The van der Waals surface area contributed by atoms with Gasteiger partial charge in [-0.15, -0.1) is 0 Å². The van der Waals surface area contributed by atoms with Crippen LogP contribution >= 0.6 is 23.4 Å². The first-order valence-electron chi connectivity index (χ1n) is 9.93. The summed E-state index contributed by atoms with van der Waals surface area (Å²) < 4.78 is 0. The quantitative estimate of drug-likeness (QED) is 0.231. The lowest BCUT2D eigenvalue weighted by Crippen LogP contribution is -2.39. The third-order valence-corrected chi connectivity index (χ3v) is 5.43. The smallest absolute Gasteiger partial charge is 0.326 e. The molecule has 0 spiro atoms. The highest BCUT2D eigenvalue weighted by molar-refractivity contribution is 7.98. The van der Waals surface area contributed by atoms with Crippen LogP contribution in [-0.4, -0.2) is 44.2 Å². The fraction of sp³-hybridized carbons (Fsp3) is 0.286. The third-order valence-electron chi connectivity index (χ3n) is 4.23. The van der Waals surface area contributed by atoms with Gasteiger partial charge in [-0.2, -0.15) is 11.8 Å². The summed E-state index contributed by atoms with van der Waals surface area (Å²) >= 11 is 7.61. The molecule has 2 amide bonds. The minimum atomic E-state index is -0.442. The molecule has 0 radical (unpaired) electrons. The zero-order valence-electron chi connectivity index (χ0n) is 18.1. The van der Waals surface area contributed by atoms with Gasteiger partial charge in [-0.25, -0.2) is 19.7 Å². The maximum Gasteiger partial charge on any atom is 0.326 e. The van der Waals surface area contributed by atoms with Crippen molar-refractivity contribution < 1.29 is 4.79 Å². The van der Waals surface area contributed by atoms with Crippen LogP contribution < -0.4 is 16.0 Å². The van der Waals surface area contributed by atoms with Crippen molar-refractivity contribution in [3.8, 4) is 0 Å². The summed E-state index contributed by atoms with van der Waals surface area (Å²) in [6.07, 6.45) is 1.69. The Bertz CT molecular complexity index is 1060. The van der Waals surface area contributed by atoms with E-state index in [1.54, 1.807) is 42.4 Å². The number of aromatic amines is 1. The Morgan fingerprint density at radius 1 is 1.12 bits per heavy atom. The van der Waals surface area contributed by atoms with Crippen molar-refractivity contribution in [1.29, 1.82) is 0 Å². The number of nitrogens with zero attached hydrogens (tertiary/aromatic N) is 4. The molecule has 1 aromatic carbocycles. The van der Waals surface area contributed by atoms with Crippen molar-refractivity contribution in [2.24, 2.45) is 4.99 Å². The summed E-state index contributed by atoms with van der Waals surface area (Å²) in [6.45, 7) is 6.24. The fourth-order valence-electron chi connectivity index (χ4n) is 2.72. The molecule has 2 aromatic heterocycles. The van der Waals surface area contributed by atoms with E-state index in [0.717, 1.165) is 34.3 Å². The summed E-state index contributed by atoms with van der Waals surface area (Å²) in [7, 11) is 0. The fourth-order valence-corrected chi connectivity index (χ4v) is 3.70. The molecular formula is C21H25ClN8OS. The van der Waals surface area contributed by atoms with E-state index in [1.807, 2.05) is 26.8 Å². The maximum atomic E-state index is 12.5. The van der Waals surface area contributed by atoms with Gasteiger partial charge < -0.3 is 10.3 Å². The van der Waals surface area contributed by atoms with Gasteiger partial charge >= 0.3 is 6.03 Å². The Morgan fingerprint density at radius 2 is 1.84 bits per heavy atom. The summed E-state index contributed by atoms with van der Waals surface area (Å²) in [4.78, 5) is 33.1. The number of carbonyl (C=O) groups is 1. The first-order valence-corrected chi connectivity index (χ1v) is 11.5. The van der Waals surface area contributed by atoms with Gasteiger partial charge in [0, 0.05) is 39.3 Å². The lowest BCUT2D eigenvalue weighted by Gasteiger charge is -2.12. The van der Waals surface area contributed by atoms with E-state index in [0.29, 0.717) is 23.2 Å². The standard InChI is InChI=1S/C21H25ClN8OS/c1-13-10-14(2)27-20(26-13)29-19(23-8-9-32-11-18-15(3)24-12-25-18)30-21(31)28-17-6-4-16(22)5-7-17/h4-7,10,12H,8-9,11H2,1-3H3,(H,24,25)(H3,23,26,27,28,29,30,31). The molecule has 0 saturated carbocycles. The van der Waals surface area contributed by atoms with Gasteiger partial charge in [0.2, 0.25) is 11.9 Å². The number of guanidine groups is 1. The minimum absolute atomic E-state index is 0.262. The minimum Gasteiger partial charge on any atom is -0.348 e. The Morgan fingerprint density at radius 3 is 2.50 bits per heavy atom. The lowest BCUT2D eigenvalue weighted by molar-refractivity contribution is 0.256. The largest absolute Gasteiger partial charge is 0.348 e. The van der Waals surface area contributed by atoms with Gasteiger partial charge in [0.1, 0.15) is 0 Å². The predicted octanol–water partition coefficient (Wildman–Crippen LogP) is 4.30. The maximum absolute atomic E-state index is 12.5. The second-order valence-electron chi connectivity index (χ2n) is 6.94.